The third kappa shape index (κ3) is 2.80. The third-order valence-corrected chi connectivity index (χ3v) is 2.84. The van der Waals surface area contributed by atoms with Gasteiger partial charge in [-0.2, -0.15) is 0 Å². The van der Waals surface area contributed by atoms with Gasteiger partial charge in [0.15, 0.2) is 0 Å². The van der Waals surface area contributed by atoms with Crippen molar-refractivity contribution in [2.45, 2.75) is 59.9 Å². The molecule has 0 aromatic heterocycles. The van der Waals surface area contributed by atoms with E-state index in [1.54, 1.807) is 0 Å². The maximum atomic E-state index is 11.6. The van der Waals surface area contributed by atoms with Crippen molar-refractivity contribution in [3.8, 4) is 0 Å². The van der Waals surface area contributed by atoms with Crippen LogP contribution in [0.2, 0.25) is 0 Å². The van der Waals surface area contributed by atoms with Gasteiger partial charge in [0.25, 0.3) is 0 Å². The molecule has 3 heteroatoms. The Kier molecular flexibility index (Phi) is 4.98. The molecule has 3 nitrogen and oxygen atoms in total. The fraction of sp³-hybridized carbons (Fsp3) is 0.833. The Morgan fingerprint density at radius 1 is 1.33 bits per heavy atom. The largest absolute Gasteiger partial charge is 0.277 e. The quantitative estimate of drug-likeness (QED) is 0.661. The van der Waals surface area contributed by atoms with Crippen LogP contribution in [-0.4, -0.2) is 22.3 Å². The predicted molar refractivity (Wildman–Crippen MR) is 61.4 cm³/mol. The highest BCUT2D eigenvalue weighted by Gasteiger charge is 2.42. The first-order chi connectivity index (χ1) is 6.90. The van der Waals surface area contributed by atoms with Crippen molar-refractivity contribution < 1.29 is 9.59 Å². The summed E-state index contributed by atoms with van der Waals surface area (Å²) in [7, 11) is 0. The monoisotopic (exact) mass is 213 g/mol. The zero-order chi connectivity index (χ0) is 12.2. The summed E-state index contributed by atoms with van der Waals surface area (Å²) in [6.07, 6.45) is 1.18. The van der Waals surface area contributed by atoms with Crippen LogP contribution in [0.4, 0.5) is 0 Å². The van der Waals surface area contributed by atoms with E-state index < -0.39 is 0 Å². The maximum absolute atomic E-state index is 11.6. The first kappa shape index (κ1) is 14.1. The Labute approximate surface area is 92.8 Å². The van der Waals surface area contributed by atoms with Crippen LogP contribution in [0.5, 0.6) is 0 Å². The van der Waals surface area contributed by atoms with Gasteiger partial charge in [0.05, 0.1) is 0 Å². The van der Waals surface area contributed by atoms with Crippen molar-refractivity contribution >= 4 is 11.8 Å². The van der Waals surface area contributed by atoms with E-state index in [1.807, 2.05) is 41.5 Å². The Hall–Kier alpha value is -0.860. The molecule has 0 radical (unpaired) electrons. The number of likely N-dealkylation sites (tertiary alicyclic amines) is 1. The van der Waals surface area contributed by atoms with Crippen LogP contribution in [0, 0.1) is 5.92 Å². The minimum Gasteiger partial charge on any atom is -0.277 e. The smallest absolute Gasteiger partial charge is 0.233 e. The normalized spacial score (nSPS) is 21.5. The number of nitrogens with zero attached hydrogens (tertiary/aromatic N) is 1. The van der Waals surface area contributed by atoms with Gasteiger partial charge in [-0.3, -0.25) is 14.5 Å². The second kappa shape index (κ2) is 5.29. The van der Waals surface area contributed by atoms with Crippen LogP contribution in [0.25, 0.3) is 0 Å². The van der Waals surface area contributed by atoms with E-state index in [-0.39, 0.29) is 23.3 Å². The predicted octanol–water partition coefficient (Wildman–Crippen LogP) is 2.60. The van der Waals surface area contributed by atoms with Gasteiger partial charge in [-0.15, -0.1) is 0 Å². The minimum atomic E-state index is -0.321. The molecule has 2 amide bonds. The molecule has 15 heavy (non-hydrogen) atoms. The van der Waals surface area contributed by atoms with Gasteiger partial charge in [-0.1, -0.05) is 27.7 Å². The molecule has 0 aromatic rings. The molecule has 0 saturated carbocycles. The Bertz CT molecular complexity index is 246. The van der Waals surface area contributed by atoms with E-state index in [2.05, 4.69) is 0 Å². The van der Waals surface area contributed by atoms with Gasteiger partial charge in [0.2, 0.25) is 11.8 Å². The molecule has 1 fully saturated rings. The summed E-state index contributed by atoms with van der Waals surface area (Å²) in [6, 6.07) is 0. The summed E-state index contributed by atoms with van der Waals surface area (Å²) in [5, 5.41) is 0. The van der Waals surface area contributed by atoms with Gasteiger partial charge in [0.1, 0.15) is 0 Å². The minimum absolute atomic E-state index is 0.0168. The van der Waals surface area contributed by atoms with Gasteiger partial charge < -0.3 is 0 Å². The second-order valence-corrected chi connectivity index (χ2v) is 4.34. The number of hydrogen-bond donors (Lipinski definition) is 0. The molecule has 1 atom stereocenters. The van der Waals surface area contributed by atoms with Crippen LogP contribution < -0.4 is 0 Å². The molecule has 1 unspecified atom stereocenters. The van der Waals surface area contributed by atoms with Crippen LogP contribution in [0.1, 0.15) is 54.4 Å². The molecule has 0 spiro atoms. The molecular formula is C12H23NO2. The molecule has 0 aromatic carbocycles. The summed E-state index contributed by atoms with van der Waals surface area (Å²) >= 11 is 0. The first-order valence-electron chi connectivity index (χ1n) is 5.77. The van der Waals surface area contributed by atoms with Gasteiger partial charge in [0, 0.05) is 17.9 Å². The number of imide groups is 1. The van der Waals surface area contributed by atoms with E-state index in [4.69, 9.17) is 0 Å². The van der Waals surface area contributed by atoms with Gasteiger partial charge in [-0.25, -0.2) is 0 Å². The van der Waals surface area contributed by atoms with E-state index >= 15 is 0 Å². The van der Waals surface area contributed by atoms with Gasteiger partial charge >= 0.3 is 0 Å². The number of carbonyl (C=O) groups excluding carboxylic acids is 2. The van der Waals surface area contributed by atoms with Crippen LogP contribution >= 0.6 is 0 Å². The highest BCUT2D eigenvalue weighted by atomic mass is 16.2. The highest BCUT2D eigenvalue weighted by molar-refractivity contribution is 6.04. The van der Waals surface area contributed by atoms with E-state index in [0.717, 1.165) is 6.42 Å². The van der Waals surface area contributed by atoms with Crippen molar-refractivity contribution in [2.24, 2.45) is 5.92 Å². The fourth-order valence-corrected chi connectivity index (χ4v) is 1.58. The lowest BCUT2D eigenvalue weighted by Gasteiger charge is -2.33. The second-order valence-electron chi connectivity index (χ2n) is 4.34. The number of amides is 2. The van der Waals surface area contributed by atoms with Crippen LogP contribution in [-0.2, 0) is 9.59 Å². The summed E-state index contributed by atoms with van der Waals surface area (Å²) in [5.41, 5.74) is -0.321. The Morgan fingerprint density at radius 3 is 2.07 bits per heavy atom. The molecule has 0 aliphatic carbocycles. The molecule has 1 aliphatic rings. The molecule has 88 valence electrons. The lowest BCUT2D eigenvalue weighted by molar-refractivity contribution is -0.145. The van der Waals surface area contributed by atoms with Crippen LogP contribution in [0.15, 0.2) is 0 Å². The maximum Gasteiger partial charge on any atom is 0.233 e. The molecule has 0 N–H and O–H groups in total. The first-order valence-corrected chi connectivity index (χ1v) is 5.77. The molecule has 1 saturated heterocycles. The number of hydrogen-bond acceptors (Lipinski definition) is 2. The zero-order valence-electron chi connectivity index (χ0n) is 10.8. The third-order valence-electron chi connectivity index (χ3n) is 2.84. The Balaban J connectivity index is 0.000000921. The van der Waals surface area contributed by atoms with Crippen molar-refractivity contribution in [3.63, 3.8) is 0 Å². The van der Waals surface area contributed by atoms with E-state index in [9.17, 15) is 9.59 Å². The number of rotatable bonds is 2. The van der Waals surface area contributed by atoms with E-state index in [0.29, 0.717) is 6.42 Å². The van der Waals surface area contributed by atoms with Crippen LogP contribution in [0.3, 0.4) is 0 Å². The SMILES string of the molecule is CC.CCC(C)(C)N1C(=O)CC(C)C1=O. The molecule has 1 rings (SSSR count). The average Bonchev–Trinajstić information content (AvgIpc) is 2.45. The molecule has 1 heterocycles. The summed E-state index contributed by atoms with van der Waals surface area (Å²) < 4.78 is 0. The van der Waals surface area contributed by atoms with Gasteiger partial charge in [-0.05, 0) is 20.3 Å². The molecule has 0 bridgehead atoms. The Morgan fingerprint density at radius 2 is 1.80 bits per heavy atom. The van der Waals surface area contributed by atoms with E-state index in [1.165, 1.54) is 4.90 Å². The average molecular weight is 213 g/mol. The lowest BCUT2D eigenvalue weighted by atomic mass is 9.99. The molecular weight excluding hydrogens is 190 g/mol. The lowest BCUT2D eigenvalue weighted by Crippen LogP contribution is -2.47. The van der Waals surface area contributed by atoms with Crippen molar-refractivity contribution in [1.29, 1.82) is 0 Å². The molecule has 1 aliphatic heterocycles. The topological polar surface area (TPSA) is 37.4 Å². The van der Waals surface area contributed by atoms with Crippen molar-refractivity contribution in [1.82, 2.24) is 4.90 Å². The summed E-state index contributed by atoms with van der Waals surface area (Å²) in [6.45, 7) is 11.7. The summed E-state index contributed by atoms with van der Waals surface area (Å²) in [5.74, 6) is -0.167. The summed E-state index contributed by atoms with van der Waals surface area (Å²) in [4.78, 5) is 24.6. The highest BCUT2D eigenvalue weighted by Crippen LogP contribution is 2.28. The number of carbonyl (C=O) groups is 2. The van der Waals surface area contributed by atoms with Crippen molar-refractivity contribution in [3.05, 3.63) is 0 Å². The van der Waals surface area contributed by atoms with Crippen molar-refractivity contribution in [2.75, 3.05) is 0 Å². The fourth-order valence-electron chi connectivity index (χ4n) is 1.58. The standard InChI is InChI=1S/C10H17NO2.C2H6/c1-5-10(3,4)11-8(12)6-7(2)9(11)13;1-2/h7H,5-6H2,1-4H3;1-2H3. The zero-order valence-corrected chi connectivity index (χ0v) is 10.8.